The van der Waals surface area contributed by atoms with Crippen LogP contribution in [0.15, 0.2) is 34.9 Å². The van der Waals surface area contributed by atoms with Crippen molar-refractivity contribution in [1.29, 1.82) is 0 Å². The van der Waals surface area contributed by atoms with Crippen LogP contribution in [0.2, 0.25) is 0 Å². The van der Waals surface area contributed by atoms with Gasteiger partial charge in [0.2, 0.25) is 5.88 Å². The third-order valence-electron chi connectivity index (χ3n) is 2.71. The van der Waals surface area contributed by atoms with Gasteiger partial charge in [0.05, 0.1) is 28.5 Å². The fraction of sp³-hybridized carbons (Fsp3) is 0.200. The number of benzene rings is 1. The van der Waals surface area contributed by atoms with Crippen LogP contribution in [-0.4, -0.2) is 17.6 Å². The number of pyridine rings is 1. The van der Waals surface area contributed by atoms with E-state index in [9.17, 15) is 4.79 Å². The maximum Gasteiger partial charge on any atom is 0.340 e. The average Bonchev–Trinajstić information content (AvgIpc) is 2.44. The van der Waals surface area contributed by atoms with Crippen molar-refractivity contribution in [2.75, 3.05) is 12.3 Å². The van der Waals surface area contributed by atoms with Crippen molar-refractivity contribution in [2.45, 2.75) is 13.8 Å². The number of nitrogens with two attached hydrogens (primary N) is 1. The lowest BCUT2D eigenvalue weighted by atomic mass is 10.2. The van der Waals surface area contributed by atoms with E-state index >= 15 is 0 Å². The Hall–Kier alpha value is -2.08. The number of carbonyl (C=O) groups excluding carboxylic acids is 1. The van der Waals surface area contributed by atoms with Crippen LogP contribution in [0, 0.1) is 6.92 Å². The van der Waals surface area contributed by atoms with Crippen LogP contribution in [0.1, 0.15) is 22.8 Å². The summed E-state index contributed by atoms with van der Waals surface area (Å²) in [5.41, 5.74) is 7.33. The van der Waals surface area contributed by atoms with E-state index in [1.165, 1.54) is 12.3 Å². The number of anilines is 1. The van der Waals surface area contributed by atoms with Crippen LogP contribution < -0.4 is 10.5 Å². The van der Waals surface area contributed by atoms with E-state index in [0.717, 1.165) is 10.0 Å². The second kappa shape index (κ2) is 6.58. The Bertz CT molecular complexity index is 674. The number of hydrogen-bond acceptors (Lipinski definition) is 5. The van der Waals surface area contributed by atoms with Gasteiger partial charge in [-0.1, -0.05) is 6.07 Å². The number of aromatic nitrogens is 1. The summed E-state index contributed by atoms with van der Waals surface area (Å²) < 4.78 is 11.4. The summed E-state index contributed by atoms with van der Waals surface area (Å²) in [4.78, 5) is 15.9. The largest absolute Gasteiger partial charge is 0.462 e. The minimum absolute atomic E-state index is 0.241. The SMILES string of the molecule is CCOC(=O)c1cc(Oc2ccc(C)cc2Br)ncc1N. The molecule has 21 heavy (non-hydrogen) atoms. The third kappa shape index (κ3) is 3.72. The van der Waals surface area contributed by atoms with Crippen LogP contribution in [0.4, 0.5) is 5.69 Å². The maximum atomic E-state index is 11.8. The zero-order chi connectivity index (χ0) is 15.4. The molecule has 1 aromatic carbocycles. The summed E-state index contributed by atoms with van der Waals surface area (Å²) in [5, 5.41) is 0. The molecule has 0 aliphatic heterocycles. The number of carbonyl (C=O) groups is 1. The van der Waals surface area contributed by atoms with Crippen LogP contribution in [-0.2, 0) is 4.74 Å². The van der Waals surface area contributed by atoms with Gasteiger partial charge < -0.3 is 15.2 Å². The minimum Gasteiger partial charge on any atom is -0.462 e. The zero-order valence-electron chi connectivity index (χ0n) is 11.7. The Kier molecular flexibility index (Phi) is 4.80. The number of nitrogens with zero attached hydrogens (tertiary/aromatic N) is 1. The molecule has 6 heteroatoms. The average molecular weight is 351 g/mol. The summed E-state index contributed by atoms with van der Waals surface area (Å²) in [6.07, 6.45) is 1.38. The van der Waals surface area contributed by atoms with E-state index < -0.39 is 5.97 Å². The van der Waals surface area contributed by atoms with E-state index in [1.807, 2.05) is 25.1 Å². The van der Waals surface area contributed by atoms with Crippen molar-refractivity contribution < 1.29 is 14.3 Å². The molecule has 0 radical (unpaired) electrons. The summed E-state index contributed by atoms with van der Waals surface area (Å²) in [6, 6.07) is 7.14. The van der Waals surface area contributed by atoms with Crippen LogP contribution >= 0.6 is 15.9 Å². The molecule has 0 saturated heterocycles. The Morgan fingerprint density at radius 1 is 1.38 bits per heavy atom. The maximum absolute atomic E-state index is 11.8. The summed E-state index contributed by atoms with van der Waals surface area (Å²) in [7, 11) is 0. The fourth-order valence-corrected chi connectivity index (χ4v) is 2.26. The molecule has 0 aliphatic rings. The fourth-order valence-electron chi connectivity index (χ4n) is 1.69. The van der Waals surface area contributed by atoms with Gasteiger partial charge >= 0.3 is 5.97 Å². The Morgan fingerprint density at radius 3 is 2.81 bits per heavy atom. The Balaban J connectivity index is 2.28. The highest BCUT2D eigenvalue weighted by atomic mass is 79.9. The first-order valence-electron chi connectivity index (χ1n) is 6.38. The van der Waals surface area contributed by atoms with Gasteiger partial charge in [0.15, 0.2) is 0 Å². The molecule has 2 N–H and O–H groups in total. The molecule has 2 aromatic rings. The monoisotopic (exact) mass is 350 g/mol. The van der Waals surface area contributed by atoms with Crippen LogP contribution in [0.25, 0.3) is 0 Å². The van der Waals surface area contributed by atoms with Gasteiger partial charge in [-0.25, -0.2) is 9.78 Å². The second-order valence-electron chi connectivity index (χ2n) is 4.37. The lowest BCUT2D eigenvalue weighted by Gasteiger charge is -2.10. The molecule has 110 valence electrons. The van der Waals surface area contributed by atoms with Crippen molar-refractivity contribution in [2.24, 2.45) is 0 Å². The van der Waals surface area contributed by atoms with Gasteiger partial charge in [0.25, 0.3) is 0 Å². The summed E-state index contributed by atoms with van der Waals surface area (Å²) in [6.45, 7) is 3.99. The van der Waals surface area contributed by atoms with Gasteiger partial charge in [-0.15, -0.1) is 0 Å². The molecule has 0 bridgehead atoms. The molecule has 0 saturated carbocycles. The van der Waals surface area contributed by atoms with E-state index in [0.29, 0.717) is 5.75 Å². The quantitative estimate of drug-likeness (QED) is 0.850. The lowest BCUT2D eigenvalue weighted by Crippen LogP contribution is -2.08. The molecule has 2 rings (SSSR count). The van der Waals surface area contributed by atoms with Crippen molar-refractivity contribution in [3.63, 3.8) is 0 Å². The molecule has 5 nitrogen and oxygen atoms in total. The molecular formula is C15H15BrN2O3. The second-order valence-corrected chi connectivity index (χ2v) is 5.22. The normalized spacial score (nSPS) is 10.2. The van der Waals surface area contributed by atoms with Crippen molar-refractivity contribution >= 4 is 27.6 Å². The minimum atomic E-state index is -0.495. The smallest absolute Gasteiger partial charge is 0.340 e. The molecule has 0 spiro atoms. The zero-order valence-corrected chi connectivity index (χ0v) is 13.3. The third-order valence-corrected chi connectivity index (χ3v) is 3.33. The van der Waals surface area contributed by atoms with E-state index in [-0.39, 0.29) is 23.7 Å². The number of halogens is 1. The highest BCUT2D eigenvalue weighted by Crippen LogP contribution is 2.30. The molecule has 0 amide bonds. The predicted octanol–water partition coefficient (Wildman–Crippen LogP) is 3.70. The lowest BCUT2D eigenvalue weighted by molar-refractivity contribution is 0.0527. The van der Waals surface area contributed by atoms with Crippen molar-refractivity contribution in [3.05, 3.63) is 46.1 Å². The molecule has 1 heterocycles. The van der Waals surface area contributed by atoms with Crippen LogP contribution in [0.5, 0.6) is 11.6 Å². The number of ether oxygens (including phenoxy) is 2. The molecular weight excluding hydrogens is 336 g/mol. The van der Waals surface area contributed by atoms with Gasteiger partial charge in [-0.05, 0) is 47.5 Å². The number of rotatable bonds is 4. The molecule has 0 unspecified atom stereocenters. The van der Waals surface area contributed by atoms with Crippen molar-refractivity contribution in [1.82, 2.24) is 4.98 Å². The molecule has 1 aromatic heterocycles. The highest BCUT2D eigenvalue weighted by Gasteiger charge is 2.14. The Labute approximate surface area is 131 Å². The molecule has 0 fully saturated rings. The van der Waals surface area contributed by atoms with Gasteiger partial charge in [-0.2, -0.15) is 0 Å². The van der Waals surface area contributed by atoms with Crippen molar-refractivity contribution in [3.8, 4) is 11.6 Å². The molecule has 0 aliphatic carbocycles. The first kappa shape index (κ1) is 15.3. The standard InChI is InChI=1S/C15H15BrN2O3/c1-3-20-15(19)10-7-14(18-8-12(10)17)21-13-5-4-9(2)6-11(13)16/h4-8H,3,17H2,1-2H3. The number of nitrogen functional groups attached to an aromatic ring is 1. The first-order chi connectivity index (χ1) is 10.0. The van der Waals surface area contributed by atoms with Gasteiger partial charge in [0.1, 0.15) is 5.75 Å². The summed E-state index contributed by atoms with van der Waals surface area (Å²) >= 11 is 3.42. The van der Waals surface area contributed by atoms with Crippen LogP contribution in [0.3, 0.4) is 0 Å². The number of hydrogen-bond donors (Lipinski definition) is 1. The van der Waals surface area contributed by atoms with E-state index in [2.05, 4.69) is 20.9 Å². The molecule has 0 atom stereocenters. The van der Waals surface area contributed by atoms with Gasteiger partial charge in [0, 0.05) is 6.07 Å². The summed E-state index contributed by atoms with van der Waals surface area (Å²) in [5.74, 6) is 0.384. The highest BCUT2D eigenvalue weighted by molar-refractivity contribution is 9.10. The predicted molar refractivity (Wildman–Crippen MR) is 83.6 cm³/mol. The van der Waals surface area contributed by atoms with Gasteiger partial charge in [-0.3, -0.25) is 0 Å². The number of esters is 1. The topological polar surface area (TPSA) is 74.4 Å². The first-order valence-corrected chi connectivity index (χ1v) is 7.17. The van der Waals surface area contributed by atoms with E-state index in [4.69, 9.17) is 15.2 Å². The van der Waals surface area contributed by atoms with E-state index in [1.54, 1.807) is 6.92 Å². The Morgan fingerprint density at radius 2 is 2.14 bits per heavy atom. The number of aryl methyl sites for hydroxylation is 1.